The number of aliphatic hydroxyl groups excluding tert-OH is 1. The Morgan fingerprint density at radius 3 is 2.71 bits per heavy atom. The molecule has 0 bridgehead atoms. The lowest BCUT2D eigenvalue weighted by Crippen LogP contribution is -2.42. The third kappa shape index (κ3) is 5.53. The number of hydrogen-bond donors (Lipinski definition) is 2. The minimum Gasteiger partial charge on any atom is -0.497 e. The van der Waals surface area contributed by atoms with Crippen molar-refractivity contribution in [3.8, 4) is 11.5 Å². The van der Waals surface area contributed by atoms with E-state index in [2.05, 4.69) is 12.2 Å². The highest BCUT2D eigenvalue weighted by Gasteiger charge is 2.19. The molecular formula is C16H25NO4. The first kappa shape index (κ1) is 16.1. The Kier molecular flexibility index (Phi) is 6.29. The Hall–Kier alpha value is -1.30. The maximum Gasteiger partial charge on any atom is 0.119 e. The molecule has 1 heterocycles. The largest absolute Gasteiger partial charge is 0.497 e. The highest BCUT2D eigenvalue weighted by molar-refractivity contribution is 5.31. The average molecular weight is 295 g/mol. The van der Waals surface area contributed by atoms with Crippen LogP contribution in [0.5, 0.6) is 11.5 Å². The van der Waals surface area contributed by atoms with Crippen molar-refractivity contribution in [2.75, 3.05) is 26.9 Å². The minimum absolute atomic E-state index is 0.276. The van der Waals surface area contributed by atoms with Gasteiger partial charge in [-0.25, -0.2) is 0 Å². The first-order chi connectivity index (χ1) is 10.2. The molecule has 1 fully saturated rings. The van der Waals surface area contributed by atoms with Gasteiger partial charge in [0.05, 0.1) is 13.2 Å². The topological polar surface area (TPSA) is 60.0 Å². The summed E-state index contributed by atoms with van der Waals surface area (Å²) in [6, 6.07) is 7.76. The Morgan fingerprint density at radius 2 is 2.05 bits per heavy atom. The summed E-state index contributed by atoms with van der Waals surface area (Å²) in [5.74, 6) is 1.52. The molecule has 1 aliphatic rings. The number of rotatable bonds is 7. The van der Waals surface area contributed by atoms with Gasteiger partial charge in [-0.15, -0.1) is 0 Å². The average Bonchev–Trinajstić information content (AvgIpc) is 2.51. The van der Waals surface area contributed by atoms with Crippen LogP contribution in [-0.2, 0) is 4.74 Å². The molecule has 0 spiro atoms. The summed E-state index contributed by atoms with van der Waals surface area (Å²) in [6.45, 7) is 3.68. The molecule has 2 N–H and O–H groups in total. The van der Waals surface area contributed by atoms with Crippen LogP contribution in [0, 0.1) is 0 Å². The number of methoxy groups -OCH3 is 1. The van der Waals surface area contributed by atoms with Gasteiger partial charge in [0.2, 0.25) is 0 Å². The molecule has 3 atom stereocenters. The van der Waals surface area contributed by atoms with Gasteiger partial charge < -0.3 is 24.6 Å². The molecule has 0 aromatic heterocycles. The third-order valence-electron chi connectivity index (χ3n) is 3.63. The second-order valence-corrected chi connectivity index (χ2v) is 5.45. The second-order valence-electron chi connectivity index (χ2n) is 5.45. The molecule has 0 radical (unpaired) electrons. The molecule has 1 aliphatic heterocycles. The van der Waals surface area contributed by atoms with Crippen molar-refractivity contribution in [3.63, 3.8) is 0 Å². The van der Waals surface area contributed by atoms with Gasteiger partial charge in [-0.2, -0.15) is 0 Å². The fourth-order valence-electron chi connectivity index (χ4n) is 2.41. The highest BCUT2D eigenvalue weighted by Crippen LogP contribution is 2.17. The summed E-state index contributed by atoms with van der Waals surface area (Å²) >= 11 is 0. The van der Waals surface area contributed by atoms with E-state index in [1.807, 2.05) is 24.3 Å². The van der Waals surface area contributed by atoms with Crippen molar-refractivity contribution in [2.45, 2.75) is 38.0 Å². The van der Waals surface area contributed by atoms with Crippen LogP contribution in [0.1, 0.15) is 19.8 Å². The second kappa shape index (κ2) is 8.22. The number of aliphatic hydroxyl groups is 1. The first-order valence-electron chi connectivity index (χ1n) is 7.47. The van der Waals surface area contributed by atoms with Crippen molar-refractivity contribution < 1.29 is 19.3 Å². The van der Waals surface area contributed by atoms with Crippen LogP contribution < -0.4 is 14.8 Å². The fourth-order valence-corrected chi connectivity index (χ4v) is 2.41. The van der Waals surface area contributed by atoms with Gasteiger partial charge in [0.15, 0.2) is 0 Å². The van der Waals surface area contributed by atoms with E-state index in [-0.39, 0.29) is 6.61 Å². The summed E-state index contributed by atoms with van der Waals surface area (Å²) < 4.78 is 16.1. The molecule has 0 saturated carbocycles. The van der Waals surface area contributed by atoms with Gasteiger partial charge in [-0.05, 0) is 44.0 Å². The summed E-state index contributed by atoms with van der Waals surface area (Å²) in [5, 5.41) is 13.3. The number of nitrogens with one attached hydrogen (secondary N) is 1. The maximum atomic E-state index is 9.96. The number of benzene rings is 1. The van der Waals surface area contributed by atoms with Crippen molar-refractivity contribution in [1.82, 2.24) is 5.32 Å². The molecular weight excluding hydrogens is 270 g/mol. The Balaban J connectivity index is 1.65. The summed E-state index contributed by atoms with van der Waals surface area (Å²) in [5.41, 5.74) is 0. The van der Waals surface area contributed by atoms with Gasteiger partial charge in [-0.3, -0.25) is 0 Å². The van der Waals surface area contributed by atoms with E-state index < -0.39 is 6.10 Å². The first-order valence-corrected chi connectivity index (χ1v) is 7.47. The van der Waals surface area contributed by atoms with E-state index in [4.69, 9.17) is 14.2 Å². The normalized spacial score (nSPS) is 23.6. The quantitative estimate of drug-likeness (QED) is 0.800. The van der Waals surface area contributed by atoms with Crippen molar-refractivity contribution in [1.29, 1.82) is 0 Å². The van der Waals surface area contributed by atoms with Crippen LogP contribution in [-0.4, -0.2) is 50.2 Å². The molecule has 0 amide bonds. The Labute approximate surface area is 126 Å². The van der Waals surface area contributed by atoms with E-state index in [0.29, 0.717) is 18.7 Å². The van der Waals surface area contributed by atoms with E-state index >= 15 is 0 Å². The maximum absolute atomic E-state index is 9.96. The van der Waals surface area contributed by atoms with Gasteiger partial charge in [-0.1, -0.05) is 0 Å². The monoisotopic (exact) mass is 295 g/mol. The zero-order valence-corrected chi connectivity index (χ0v) is 12.7. The lowest BCUT2D eigenvalue weighted by Gasteiger charge is -2.28. The SMILES string of the molecule is COc1ccc(OCC(O)CNC2CCOC(C)C2)cc1. The number of ether oxygens (including phenoxy) is 3. The van der Waals surface area contributed by atoms with Crippen LogP contribution in [0.3, 0.4) is 0 Å². The summed E-state index contributed by atoms with van der Waals surface area (Å²) in [7, 11) is 1.63. The molecule has 5 nitrogen and oxygen atoms in total. The van der Waals surface area contributed by atoms with Crippen molar-refractivity contribution in [3.05, 3.63) is 24.3 Å². The predicted octanol–water partition coefficient (Wildman–Crippen LogP) is 1.59. The lowest BCUT2D eigenvalue weighted by atomic mass is 10.0. The molecule has 0 aliphatic carbocycles. The lowest BCUT2D eigenvalue weighted by molar-refractivity contribution is 0.00966. The van der Waals surface area contributed by atoms with Crippen molar-refractivity contribution >= 4 is 0 Å². The van der Waals surface area contributed by atoms with Gasteiger partial charge in [0.1, 0.15) is 24.2 Å². The van der Waals surface area contributed by atoms with E-state index in [1.54, 1.807) is 7.11 Å². The standard InChI is InChI=1S/C16H25NO4/c1-12-9-13(7-8-20-12)17-10-14(18)11-21-16-5-3-15(19-2)4-6-16/h3-6,12-14,17-18H,7-11H2,1-2H3. The van der Waals surface area contributed by atoms with Crippen LogP contribution in [0.2, 0.25) is 0 Å². The summed E-state index contributed by atoms with van der Waals surface area (Å²) in [6.07, 6.45) is 1.76. The minimum atomic E-state index is -0.523. The third-order valence-corrected chi connectivity index (χ3v) is 3.63. The van der Waals surface area contributed by atoms with Crippen LogP contribution in [0.15, 0.2) is 24.3 Å². The van der Waals surface area contributed by atoms with Crippen LogP contribution in [0.25, 0.3) is 0 Å². The molecule has 21 heavy (non-hydrogen) atoms. The predicted molar refractivity (Wildman–Crippen MR) is 80.9 cm³/mol. The van der Waals surface area contributed by atoms with Crippen molar-refractivity contribution in [2.24, 2.45) is 0 Å². The highest BCUT2D eigenvalue weighted by atomic mass is 16.5. The zero-order valence-electron chi connectivity index (χ0n) is 12.7. The molecule has 5 heteroatoms. The van der Waals surface area contributed by atoms with E-state index in [1.165, 1.54) is 0 Å². The van der Waals surface area contributed by atoms with Crippen LogP contribution in [0.4, 0.5) is 0 Å². The fraction of sp³-hybridized carbons (Fsp3) is 0.625. The Morgan fingerprint density at radius 1 is 1.33 bits per heavy atom. The van der Waals surface area contributed by atoms with Gasteiger partial charge >= 0.3 is 0 Å². The molecule has 1 saturated heterocycles. The molecule has 3 unspecified atom stereocenters. The molecule has 1 aromatic rings. The zero-order chi connectivity index (χ0) is 15.1. The number of hydrogen-bond acceptors (Lipinski definition) is 5. The van der Waals surface area contributed by atoms with E-state index in [9.17, 15) is 5.11 Å². The summed E-state index contributed by atoms with van der Waals surface area (Å²) in [4.78, 5) is 0. The van der Waals surface area contributed by atoms with Crippen LogP contribution >= 0.6 is 0 Å². The molecule has 1 aromatic carbocycles. The van der Waals surface area contributed by atoms with E-state index in [0.717, 1.165) is 30.9 Å². The Bertz CT molecular complexity index is 409. The smallest absolute Gasteiger partial charge is 0.119 e. The molecule has 2 rings (SSSR count). The van der Waals surface area contributed by atoms with Gasteiger partial charge in [0.25, 0.3) is 0 Å². The molecule has 118 valence electrons. The van der Waals surface area contributed by atoms with Gasteiger partial charge in [0, 0.05) is 19.2 Å².